The highest BCUT2D eigenvalue weighted by Crippen LogP contribution is 2.30. The first-order valence-electron chi connectivity index (χ1n) is 8.34. The number of aromatic nitrogens is 1. The Morgan fingerprint density at radius 3 is 2.83 bits per heavy atom. The Morgan fingerprint density at radius 2 is 2.22 bits per heavy atom. The molecule has 0 spiro atoms. The normalized spacial score (nSPS) is 21.5. The van der Waals surface area contributed by atoms with Crippen LogP contribution in [0.4, 0.5) is 4.79 Å². The van der Waals surface area contributed by atoms with Crippen molar-refractivity contribution in [2.75, 3.05) is 19.7 Å². The molecule has 1 saturated heterocycles. The molecule has 0 N–H and O–H groups in total. The molecule has 1 aliphatic rings. The van der Waals surface area contributed by atoms with E-state index >= 15 is 0 Å². The highest BCUT2D eigenvalue weighted by atomic mass is 16.6. The minimum Gasteiger partial charge on any atom is -0.444 e. The molecule has 1 unspecified atom stereocenters. The third-order valence-corrected chi connectivity index (χ3v) is 4.13. The zero-order chi connectivity index (χ0) is 16.9. The first-order valence-corrected chi connectivity index (χ1v) is 8.34. The van der Waals surface area contributed by atoms with Gasteiger partial charge in [0, 0.05) is 18.9 Å². The minimum absolute atomic E-state index is 0.247. The summed E-state index contributed by atoms with van der Waals surface area (Å²) in [5.41, 5.74) is 0.454. The van der Waals surface area contributed by atoms with E-state index in [9.17, 15) is 4.79 Å². The number of pyridine rings is 1. The van der Waals surface area contributed by atoms with Crippen LogP contribution in [0.15, 0.2) is 24.5 Å². The zero-order valence-electron chi connectivity index (χ0n) is 14.7. The molecule has 5 heteroatoms. The second kappa shape index (κ2) is 7.30. The van der Waals surface area contributed by atoms with E-state index < -0.39 is 5.60 Å². The van der Waals surface area contributed by atoms with Gasteiger partial charge in [0.05, 0.1) is 18.8 Å². The van der Waals surface area contributed by atoms with Crippen LogP contribution in [0.3, 0.4) is 0 Å². The molecule has 1 aliphatic heterocycles. The summed E-state index contributed by atoms with van der Waals surface area (Å²) in [6.07, 6.45) is 5.97. The van der Waals surface area contributed by atoms with E-state index in [0.717, 1.165) is 19.3 Å². The quantitative estimate of drug-likeness (QED) is 0.834. The van der Waals surface area contributed by atoms with Crippen molar-refractivity contribution in [1.82, 2.24) is 9.88 Å². The smallest absolute Gasteiger partial charge is 0.410 e. The molecule has 2 heterocycles. The number of rotatable bonds is 5. The van der Waals surface area contributed by atoms with Crippen LogP contribution in [0, 0.1) is 0 Å². The molecule has 0 aliphatic carbocycles. The SMILES string of the molecule is CCC1(OCCc2cccnc2)CCN(C(=O)OC(C)(C)C)C1. The zero-order valence-corrected chi connectivity index (χ0v) is 14.7. The number of amides is 1. The van der Waals surface area contributed by atoms with Crippen molar-refractivity contribution in [1.29, 1.82) is 0 Å². The number of carbonyl (C=O) groups excluding carboxylic acids is 1. The molecule has 1 aromatic rings. The fraction of sp³-hybridized carbons (Fsp3) is 0.667. The van der Waals surface area contributed by atoms with Crippen molar-refractivity contribution >= 4 is 6.09 Å². The number of likely N-dealkylation sites (tertiary alicyclic amines) is 1. The van der Waals surface area contributed by atoms with Gasteiger partial charge in [-0.15, -0.1) is 0 Å². The van der Waals surface area contributed by atoms with Crippen LogP contribution >= 0.6 is 0 Å². The predicted molar refractivity (Wildman–Crippen MR) is 89.3 cm³/mol. The summed E-state index contributed by atoms with van der Waals surface area (Å²) in [5, 5.41) is 0. The third kappa shape index (κ3) is 5.20. The topological polar surface area (TPSA) is 51.7 Å². The maximum atomic E-state index is 12.2. The molecule has 0 radical (unpaired) electrons. The second-order valence-electron chi connectivity index (χ2n) is 7.15. The van der Waals surface area contributed by atoms with E-state index in [1.807, 2.05) is 33.0 Å². The summed E-state index contributed by atoms with van der Waals surface area (Å²) in [4.78, 5) is 18.1. The number of hydrogen-bond acceptors (Lipinski definition) is 4. The molecule has 1 atom stereocenters. The molecule has 0 saturated carbocycles. The van der Waals surface area contributed by atoms with Gasteiger partial charge >= 0.3 is 6.09 Å². The fourth-order valence-electron chi connectivity index (χ4n) is 2.77. The van der Waals surface area contributed by atoms with Crippen LogP contribution in [0.5, 0.6) is 0 Å². The molecule has 0 bridgehead atoms. The number of ether oxygens (including phenoxy) is 2. The summed E-state index contributed by atoms with van der Waals surface area (Å²) in [7, 11) is 0. The highest BCUT2D eigenvalue weighted by Gasteiger charge is 2.40. The van der Waals surface area contributed by atoms with E-state index in [1.165, 1.54) is 5.56 Å². The van der Waals surface area contributed by atoms with Crippen LogP contribution in [-0.4, -0.2) is 46.9 Å². The standard InChI is InChI=1S/C18H28N2O3/c1-5-18(22-12-8-15-7-6-10-19-13-15)9-11-20(14-18)16(21)23-17(2,3)4/h6-7,10,13H,5,8-9,11-12,14H2,1-4H3. The Bertz CT molecular complexity index is 513. The minimum atomic E-state index is -0.463. The van der Waals surface area contributed by atoms with Crippen LogP contribution in [0.1, 0.15) is 46.1 Å². The summed E-state index contributed by atoms with van der Waals surface area (Å²) in [6, 6.07) is 3.99. The lowest BCUT2D eigenvalue weighted by Crippen LogP contribution is -2.40. The van der Waals surface area contributed by atoms with E-state index in [0.29, 0.717) is 19.7 Å². The van der Waals surface area contributed by atoms with E-state index in [2.05, 4.69) is 18.0 Å². The molecule has 128 valence electrons. The highest BCUT2D eigenvalue weighted by molar-refractivity contribution is 5.68. The Hall–Kier alpha value is -1.62. The summed E-state index contributed by atoms with van der Waals surface area (Å²) >= 11 is 0. The van der Waals surface area contributed by atoms with E-state index in [-0.39, 0.29) is 11.7 Å². The molecular formula is C18H28N2O3. The van der Waals surface area contributed by atoms with Gasteiger partial charge in [0.25, 0.3) is 0 Å². The lowest BCUT2D eigenvalue weighted by molar-refractivity contribution is -0.0411. The molecule has 1 fully saturated rings. The third-order valence-electron chi connectivity index (χ3n) is 4.13. The monoisotopic (exact) mass is 320 g/mol. The first kappa shape index (κ1) is 17.7. The first-order chi connectivity index (χ1) is 10.8. The van der Waals surface area contributed by atoms with Gasteiger partial charge < -0.3 is 14.4 Å². The lowest BCUT2D eigenvalue weighted by atomic mass is 10.00. The Balaban J connectivity index is 1.86. The van der Waals surface area contributed by atoms with Crippen molar-refractivity contribution in [2.45, 2.75) is 58.2 Å². The molecule has 2 rings (SSSR count). The molecule has 1 amide bonds. The van der Waals surface area contributed by atoms with Gasteiger partial charge in [0.2, 0.25) is 0 Å². The number of hydrogen-bond donors (Lipinski definition) is 0. The number of nitrogens with zero attached hydrogens (tertiary/aromatic N) is 2. The van der Waals surface area contributed by atoms with Crippen molar-refractivity contribution in [3.05, 3.63) is 30.1 Å². The maximum Gasteiger partial charge on any atom is 0.410 e. The summed E-state index contributed by atoms with van der Waals surface area (Å²) in [5.74, 6) is 0. The van der Waals surface area contributed by atoms with Gasteiger partial charge in [0.1, 0.15) is 5.60 Å². The maximum absolute atomic E-state index is 12.2. The predicted octanol–water partition coefficient (Wildman–Crippen LogP) is 3.43. The summed E-state index contributed by atoms with van der Waals surface area (Å²) < 4.78 is 11.6. The summed E-state index contributed by atoms with van der Waals surface area (Å²) in [6.45, 7) is 9.71. The van der Waals surface area contributed by atoms with Crippen molar-refractivity contribution in [2.24, 2.45) is 0 Å². The lowest BCUT2D eigenvalue weighted by Gasteiger charge is -2.29. The molecule has 5 nitrogen and oxygen atoms in total. The molecule has 23 heavy (non-hydrogen) atoms. The second-order valence-corrected chi connectivity index (χ2v) is 7.15. The number of carbonyl (C=O) groups is 1. The Labute approximate surface area is 139 Å². The molecule has 1 aromatic heterocycles. The van der Waals surface area contributed by atoms with Gasteiger partial charge in [0.15, 0.2) is 0 Å². The molecule has 0 aromatic carbocycles. The molecular weight excluding hydrogens is 292 g/mol. The van der Waals surface area contributed by atoms with Crippen molar-refractivity contribution < 1.29 is 14.3 Å². The van der Waals surface area contributed by atoms with Crippen LogP contribution in [0.2, 0.25) is 0 Å². The van der Waals surface area contributed by atoms with Gasteiger partial charge in [-0.3, -0.25) is 4.98 Å². The average molecular weight is 320 g/mol. The van der Waals surface area contributed by atoms with Crippen molar-refractivity contribution in [3.63, 3.8) is 0 Å². The van der Waals surface area contributed by atoms with Gasteiger partial charge in [-0.05, 0) is 51.7 Å². The van der Waals surface area contributed by atoms with Gasteiger partial charge in [-0.25, -0.2) is 4.79 Å². The van der Waals surface area contributed by atoms with E-state index in [1.54, 1.807) is 11.1 Å². The Kier molecular flexibility index (Phi) is 5.63. The largest absolute Gasteiger partial charge is 0.444 e. The van der Waals surface area contributed by atoms with Crippen LogP contribution in [0.25, 0.3) is 0 Å². The fourth-order valence-corrected chi connectivity index (χ4v) is 2.77. The van der Waals surface area contributed by atoms with Crippen LogP contribution in [-0.2, 0) is 15.9 Å². The van der Waals surface area contributed by atoms with Gasteiger partial charge in [-0.2, -0.15) is 0 Å². The van der Waals surface area contributed by atoms with Crippen molar-refractivity contribution in [3.8, 4) is 0 Å². The van der Waals surface area contributed by atoms with Crippen LogP contribution < -0.4 is 0 Å². The average Bonchev–Trinajstić information content (AvgIpc) is 2.92. The van der Waals surface area contributed by atoms with Gasteiger partial charge in [-0.1, -0.05) is 13.0 Å². The Morgan fingerprint density at radius 1 is 1.43 bits per heavy atom. The van der Waals surface area contributed by atoms with E-state index in [4.69, 9.17) is 9.47 Å².